The zero-order valence-corrected chi connectivity index (χ0v) is 26.9. The number of nitrogens with two attached hydrogens (primary N) is 1. The van der Waals surface area contributed by atoms with E-state index in [4.69, 9.17) is 24.3 Å². The third-order valence-corrected chi connectivity index (χ3v) is 8.61. The molecule has 1 aliphatic carbocycles. The van der Waals surface area contributed by atoms with Gasteiger partial charge in [-0.15, -0.1) is 0 Å². The number of alkyl carbamates (subject to hydrolysis) is 1. The lowest BCUT2D eigenvalue weighted by atomic mass is 9.98. The summed E-state index contributed by atoms with van der Waals surface area (Å²) in [7, 11) is -4.20. The van der Waals surface area contributed by atoms with Crippen LogP contribution >= 0.6 is 7.82 Å². The summed E-state index contributed by atoms with van der Waals surface area (Å²) in [6, 6.07) is 18.2. The van der Waals surface area contributed by atoms with Gasteiger partial charge in [0.25, 0.3) is 0 Å². The van der Waals surface area contributed by atoms with Gasteiger partial charge in [0.2, 0.25) is 11.8 Å². The first-order chi connectivity index (χ1) is 21.7. The molecule has 3 aromatic rings. The molecule has 2 aliphatic rings. The standard InChI is InChI=1S/C33H38N3O9P/c1-19(44-33(2,3)4)29(30(34)37)36-31(38)27(16-20-13-14-28-21(15-20)17-43-46(40,41)45-28)35-32(39)42-18-26-24-11-7-5-9-22(24)23-10-6-8-12-25(23)26/h5-15,19,26-27,29H,16-18H2,1-4H3,(H2,34,37)(H,35,39)(H,36,38)(H,40,41)/t19-,27+,29+/m1/s1. The number of primary amides is 1. The third-order valence-electron chi connectivity index (χ3n) is 7.73. The maximum Gasteiger partial charge on any atom is 0.527 e. The fraction of sp³-hybridized carbons (Fsp3) is 0.364. The van der Waals surface area contributed by atoms with Crippen LogP contribution in [0.3, 0.4) is 0 Å². The number of rotatable bonds is 10. The molecular weight excluding hydrogens is 613 g/mol. The van der Waals surface area contributed by atoms with Crippen LogP contribution in [0.2, 0.25) is 0 Å². The van der Waals surface area contributed by atoms with E-state index in [0.717, 1.165) is 22.3 Å². The molecule has 3 amide bonds. The Morgan fingerprint density at radius 3 is 2.26 bits per heavy atom. The Kier molecular flexibility index (Phi) is 9.55. The number of amides is 3. The molecule has 3 aromatic carbocycles. The van der Waals surface area contributed by atoms with Crippen molar-refractivity contribution in [3.63, 3.8) is 0 Å². The number of phosphoric acid groups is 1. The molecule has 0 fully saturated rings. The number of benzene rings is 3. The lowest BCUT2D eigenvalue weighted by Gasteiger charge is -2.31. The van der Waals surface area contributed by atoms with Crippen molar-refractivity contribution in [1.82, 2.24) is 10.6 Å². The zero-order chi connectivity index (χ0) is 33.2. The topological polar surface area (TPSA) is 176 Å². The summed E-state index contributed by atoms with van der Waals surface area (Å²) in [6.07, 6.45) is -1.63. The molecule has 1 unspecified atom stereocenters. The van der Waals surface area contributed by atoms with E-state index in [0.29, 0.717) is 11.1 Å². The summed E-state index contributed by atoms with van der Waals surface area (Å²) in [5, 5.41) is 5.28. The molecule has 5 N–H and O–H groups in total. The van der Waals surface area contributed by atoms with Gasteiger partial charge in [0, 0.05) is 17.9 Å². The van der Waals surface area contributed by atoms with Gasteiger partial charge in [-0.05, 0) is 67.6 Å². The van der Waals surface area contributed by atoms with Crippen LogP contribution in [0.25, 0.3) is 11.1 Å². The first kappa shape index (κ1) is 33.2. The second-order valence-corrected chi connectivity index (χ2v) is 13.7. The van der Waals surface area contributed by atoms with Crippen molar-refractivity contribution in [3.8, 4) is 16.9 Å². The highest BCUT2D eigenvalue weighted by molar-refractivity contribution is 7.47. The highest BCUT2D eigenvalue weighted by Gasteiger charge is 2.34. The normalized spacial score (nSPS) is 19.0. The number of fused-ring (bicyclic) bond motifs is 4. The maximum atomic E-state index is 13.7. The van der Waals surface area contributed by atoms with Gasteiger partial charge in [-0.2, -0.15) is 0 Å². The second kappa shape index (κ2) is 13.3. The third kappa shape index (κ3) is 7.76. The predicted molar refractivity (Wildman–Crippen MR) is 169 cm³/mol. The number of carbonyl (C=O) groups is 3. The van der Waals surface area contributed by atoms with Crippen LogP contribution in [-0.4, -0.2) is 53.2 Å². The van der Waals surface area contributed by atoms with Gasteiger partial charge in [0.05, 0.1) is 18.3 Å². The van der Waals surface area contributed by atoms with Crippen LogP contribution < -0.4 is 20.9 Å². The van der Waals surface area contributed by atoms with E-state index in [9.17, 15) is 23.8 Å². The Labute approximate surface area is 267 Å². The molecule has 0 bridgehead atoms. The Bertz CT molecular complexity index is 1640. The molecule has 12 nitrogen and oxygen atoms in total. The van der Waals surface area contributed by atoms with Gasteiger partial charge < -0.3 is 30.4 Å². The van der Waals surface area contributed by atoms with E-state index in [1.165, 1.54) is 6.07 Å². The number of carbonyl (C=O) groups excluding carboxylic acids is 3. The first-order valence-corrected chi connectivity index (χ1v) is 16.4. The lowest BCUT2D eigenvalue weighted by molar-refractivity contribution is -0.135. The molecular formula is C33H38N3O9P. The Morgan fingerprint density at radius 2 is 1.65 bits per heavy atom. The number of hydrogen-bond acceptors (Lipinski definition) is 8. The van der Waals surface area contributed by atoms with Crippen LogP contribution in [0.4, 0.5) is 4.79 Å². The summed E-state index contributed by atoms with van der Waals surface area (Å²) in [5.74, 6) is -1.51. The summed E-state index contributed by atoms with van der Waals surface area (Å²) in [5.41, 5.74) is 10.3. The van der Waals surface area contributed by atoms with Gasteiger partial charge in [-0.25, -0.2) is 9.36 Å². The predicted octanol–water partition coefficient (Wildman–Crippen LogP) is 4.32. The van der Waals surface area contributed by atoms with Crippen molar-refractivity contribution in [1.29, 1.82) is 0 Å². The van der Waals surface area contributed by atoms with Gasteiger partial charge in [0.15, 0.2) is 0 Å². The summed E-state index contributed by atoms with van der Waals surface area (Å²) < 4.78 is 33.3. The molecule has 0 saturated carbocycles. The van der Waals surface area contributed by atoms with E-state index in [1.54, 1.807) is 19.1 Å². The van der Waals surface area contributed by atoms with Crippen LogP contribution in [0.15, 0.2) is 66.7 Å². The minimum absolute atomic E-state index is 0.0277. The van der Waals surface area contributed by atoms with Crippen LogP contribution in [-0.2, 0) is 41.2 Å². The van der Waals surface area contributed by atoms with Crippen molar-refractivity contribution >= 4 is 25.7 Å². The Balaban J connectivity index is 1.34. The number of hydrogen-bond donors (Lipinski definition) is 4. The molecule has 0 aromatic heterocycles. The quantitative estimate of drug-likeness (QED) is 0.233. The lowest BCUT2D eigenvalue weighted by Crippen LogP contribution is -2.58. The van der Waals surface area contributed by atoms with Gasteiger partial charge in [-0.1, -0.05) is 54.6 Å². The highest BCUT2D eigenvalue weighted by atomic mass is 31.2. The first-order valence-electron chi connectivity index (χ1n) is 14.9. The molecule has 1 aliphatic heterocycles. The SMILES string of the molecule is C[C@@H](OC(C)(C)C)[C@H](NC(=O)[C@H](Cc1ccc2c(c1)COP(=O)(O)O2)NC(=O)OCC1c2ccccc2-c2ccccc21)C(N)=O. The van der Waals surface area contributed by atoms with Gasteiger partial charge in [0.1, 0.15) is 24.4 Å². The number of ether oxygens (including phenoxy) is 2. The van der Waals surface area contributed by atoms with Crippen molar-refractivity contribution in [2.75, 3.05) is 6.61 Å². The molecule has 4 atom stereocenters. The van der Waals surface area contributed by atoms with Crippen molar-refractivity contribution in [2.24, 2.45) is 5.73 Å². The van der Waals surface area contributed by atoms with E-state index in [1.807, 2.05) is 69.3 Å². The van der Waals surface area contributed by atoms with E-state index in [2.05, 4.69) is 10.6 Å². The maximum absolute atomic E-state index is 13.7. The molecule has 244 valence electrons. The molecule has 5 rings (SSSR count). The largest absolute Gasteiger partial charge is 0.527 e. The van der Waals surface area contributed by atoms with Crippen LogP contribution in [0.5, 0.6) is 5.75 Å². The Morgan fingerprint density at radius 1 is 1.02 bits per heavy atom. The highest BCUT2D eigenvalue weighted by Crippen LogP contribution is 2.50. The zero-order valence-electron chi connectivity index (χ0n) is 26.0. The molecule has 0 spiro atoms. The smallest absolute Gasteiger partial charge is 0.449 e. The van der Waals surface area contributed by atoms with E-state index >= 15 is 0 Å². The molecule has 0 radical (unpaired) electrons. The molecule has 1 heterocycles. The Hall–Kier alpha value is -4.22. The minimum atomic E-state index is -4.20. The van der Waals surface area contributed by atoms with Crippen molar-refractivity contribution in [2.45, 2.75) is 70.4 Å². The molecule has 46 heavy (non-hydrogen) atoms. The fourth-order valence-corrected chi connectivity index (χ4v) is 6.57. The summed E-state index contributed by atoms with van der Waals surface area (Å²) in [6.45, 7) is 6.90. The number of phosphoric ester groups is 1. The van der Waals surface area contributed by atoms with Gasteiger partial charge in [-0.3, -0.25) is 19.0 Å². The minimum Gasteiger partial charge on any atom is -0.449 e. The average Bonchev–Trinajstić information content (AvgIpc) is 3.30. The summed E-state index contributed by atoms with van der Waals surface area (Å²) >= 11 is 0. The number of nitrogens with one attached hydrogen (secondary N) is 2. The average molecular weight is 652 g/mol. The van der Waals surface area contributed by atoms with E-state index in [-0.39, 0.29) is 31.3 Å². The monoisotopic (exact) mass is 651 g/mol. The fourth-order valence-electron chi connectivity index (χ4n) is 5.79. The van der Waals surface area contributed by atoms with Crippen molar-refractivity contribution < 1.29 is 42.4 Å². The second-order valence-electron chi connectivity index (χ2n) is 12.3. The molecule has 0 saturated heterocycles. The molecule has 13 heteroatoms. The van der Waals surface area contributed by atoms with Crippen LogP contribution in [0, 0.1) is 0 Å². The van der Waals surface area contributed by atoms with E-state index < -0.39 is 49.5 Å². The summed E-state index contributed by atoms with van der Waals surface area (Å²) in [4.78, 5) is 48.9. The van der Waals surface area contributed by atoms with Gasteiger partial charge >= 0.3 is 13.9 Å². The van der Waals surface area contributed by atoms with Crippen LogP contribution in [0.1, 0.15) is 55.9 Å². The van der Waals surface area contributed by atoms with Crippen molar-refractivity contribution in [3.05, 3.63) is 89.0 Å².